The highest BCUT2D eigenvalue weighted by atomic mass is 32.2. The Labute approximate surface area is 112 Å². The number of benzene rings is 1. The SMILES string of the molecule is CCS(=O)(=O)[C@@H]1[C@@H](c2ccc(F)cc2)[C@]1(N)COC. The number of nitrogens with two attached hydrogens (primary N) is 1. The van der Waals surface area contributed by atoms with E-state index in [-0.39, 0.29) is 24.1 Å². The van der Waals surface area contributed by atoms with Crippen LogP contribution in [0, 0.1) is 5.82 Å². The molecule has 1 aliphatic carbocycles. The van der Waals surface area contributed by atoms with Gasteiger partial charge in [0.15, 0.2) is 9.84 Å². The van der Waals surface area contributed by atoms with E-state index in [0.29, 0.717) is 0 Å². The first-order valence-corrected chi connectivity index (χ1v) is 7.83. The highest BCUT2D eigenvalue weighted by molar-refractivity contribution is 7.92. The van der Waals surface area contributed by atoms with Gasteiger partial charge in [-0.25, -0.2) is 12.8 Å². The summed E-state index contributed by atoms with van der Waals surface area (Å²) in [6.45, 7) is 1.77. The van der Waals surface area contributed by atoms with Gasteiger partial charge in [-0.05, 0) is 17.7 Å². The van der Waals surface area contributed by atoms with Crippen molar-refractivity contribution in [1.29, 1.82) is 0 Å². The second kappa shape index (κ2) is 4.85. The minimum atomic E-state index is -3.26. The van der Waals surface area contributed by atoms with Crippen molar-refractivity contribution in [2.24, 2.45) is 5.73 Å². The molecule has 0 bridgehead atoms. The summed E-state index contributed by atoms with van der Waals surface area (Å²) in [5, 5.41) is -0.657. The molecule has 2 N–H and O–H groups in total. The summed E-state index contributed by atoms with van der Waals surface area (Å²) >= 11 is 0. The molecule has 19 heavy (non-hydrogen) atoms. The van der Waals surface area contributed by atoms with Crippen LogP contribution in [0.25, 0.3) is 0 Å². The van der Waals surface area contributed by atoms with E-state index < -0.39 is 20.6 Å². The topological polar surface area (TPSA) is 69.4 Å². The third-order valence-electron chi connectivity index (χ3n) is 3.72. The Hall–Kier alpha value is -0.980. The van der Waals surface area contributed by atoms with Crippen LogP contribution in [0.15, 0.2) is 24.3 Å². The Bertz CT molecular complexity index is 558. The van der Waals surface area contributed by atoms with Crippen molar-refractivity contribution in [3.63, 3.8) is 0 Å². The highest BCUT2D eigenvalue weighted by Crippen LogP contribution is 2.54. The summed E-state index contributed by atoms with van der Waals surface area (Å²) in [7, 11) is -1.77. The number of ether oxygens (including phenoxy) is 1. The van der Waals surface area contributed by atoms with E-state index >= 15 is 0 Å². The summed E-state index contributed by atoms with van der Waals surface area (Å²) in [5.74, 6) is -0.649. The summed E-state index contributed by atoms with van der Waals surface area (Å²) in [4.78, 5) is 0. The van der Waals surface area contributed by atoms with Crippen LogP contribution in [0.1, 0.15) is 18.4 Å². The van der Waals surface area contributed by atoms with Crippen molar-refractivity contribution >= 4 is 9.84 Å². The van der Waals surface area contributed by atoms with Gasteiger partial charge in [0.25, 0.3) is 0 Å². The van der Waals surface area contributed by atoms with E-state index in [1.54, 1.807) is 19.1 Å². The normalized spacial score (nSPS) is 30.3. The second-order valence-electron chi connectivity index (χ2n) is 4.95. The average molecular weight is 287 g/mol. The molecule has 1 fully saturated rings. The van der Waals surface area contributed by atoms with Gasteiger partial charge in [-0.3, -0.25) is 0 Å². The number of halogens is 1. The molecular weight excluding hydrogens is 269 g/mol. The zero-order valence-corrected chi connectivity index (χ0v) is 11.8. The van der Waals surface area contributed by atoms with Crippen LogP contribution in [0.5, 0.6) is 0 Å². The molecule has 0 amide bonds. The highest BCUT2D eigenvalue weighted by Gasteiger charge is 2.68. The number of rotatable bonds is 5. The first-order chi connectivity index (χ1) is 8.86. The van der Waals surface area contributed by atoms with Gasteiger partial charge in [0.05, 0.1) is 17.4 Å². The molecule has 6 heteroatoms. The van der Waals surface area contributed by atoms with E-state index in [4.69, 9.17) is 10.5 Å². The molecule has 1 aliphatic rings. The van der Waals surface area contributed by atoms with Gasteiger partial charge in [0.2, 0.25) is 0 Å². The monoisotopic (exact) mass is 287 g/mol. The predicted molar refractivity (Wildman–Crippen MR) is 71.2 cm³/mol. The van der Waals surface area contributed by atoms with Crippen LogP contribution in [-0.4, -0.2) is 38.7 Å². The standard InChI is InChI=1S/C13H18FNO3S/c1-3-19(16,17)12-11(13(12,15)8-18-2)9-4-6-10(14)7-5-9/h4-7,11-12H,3,8,15H2,1-2H3/t11-,12-,13-/m1/s1. The zero-order valence-electron chi connectivity index (χ0n) is 11.0. The minimum Gasteiger partial charge on any atom is -0.383 e. The molecule has 3 atom stereocenters. The van der Waals surface area contributed by atoms with Crippen molar-refractivity contribution in [2.45, 2.75) is 23.6 Å². The molecule has 0 heterocycles. The van der Waals surface area contributed by atoms with Gasteiger partial charge in [0, 0.05) is 18.8 Å². The van der Waals surface area contributed by atoms with Gasteiger partial charge in [-0.2, -0.15) is 0 Å². The Kier molecular flexibility index (Phi) is 3.68. The van der Waals surface area contributed by atoms with E-state index in [1.807, 2.05) is 0 Å². The molecule has 0 radical (unpaired) electrons. The fourth-order valence-electron chi connectivity index (χ4n) is 2.72. The van der Waals surface area contributed by atoms with Gasteiger partial charge in [0.1, 0.15) is 5.82 Å². The Morgan fingerprint density at radius 1 is 1.37 bits per heavy atom. The van der Waals surface area contributed by atoms with Gasteiger partial charge in [-0.15, -0.1) is 0 Å². The van der Waals surface area contributed by atoms with Crippen molar-refractivity contribution in [3.8, 4) is 0 Å². The molecule has 1 aromatic carbocycles. The maximum absolute atomic E-state index is 12.9. The van der Waals surface area contributed by atoms with Crippen molar-refractivity contribution in [2.75, 3.05) is 19.5 Å². The average Bonchev–Trinajstić information content (AvgIpc) is 2.97. The number of hydrogen-bond donors (Lipinski definition) is 1. The Morgan fingerprint density at radius 3 is 2.42 bits per heavy atom. The lowest BCUT2D eigenvalue weighted by molar-refractivity contribution is 0.171. The molecule has 0 spiro atoms. The van der Waals surface area contributed by atoms with Crippen LogP contribution >= 0.6 is 0 Å². The van der Waals surface area contributed by atoms with Crippen LogP contribution < -0.4 is 5.73 Å². The quantitative estimate of drug-likeness (QED) is 0.879. The predicted octanol–water partition coefficient (Wildman–Crippen LogP) is 1.07. The maximum atomic E-state index is 12.9. The van der Waals surface area contributed by atoms with Gasteiger partial charge >= 0.3 is 0 Å². The maximum Gasteiger partial charge on any atom is 0.155 e. The van der Waals surface area contributed by atoms with Gasteiger partial charge in [-0.1, -0.05) is 19.1 Å². The van der Waals surface area contributed by atoms with Crippen molar-refractivity contribution < 1.29 is 17.5 Å². The summed E-state index contributed by atoms with van der Waals surface area (Å²) in [6.07, 6.45) is 0. The van der Waals surface area contributed by atoms with Crippen LogP contribution in [-0.2, 0) is 14.6 Å². The van der Waals surface area contributed by atoms with Crippen LogP contribution in [0.3, 0.4) is 0 Å². The lowest BCUT2D eigenvalue weighted by atomic mass is 10.1. The van der Waals surface area contributed by atoms with Crippen molar-refractivity contribution in [3.05, 3.63) is 35.6 Å². The Balaban J connectivity index is 2.36. The molecule has 4 nitrogen and oxygen atoms in total. The van der Waals surface area contributed by atoms with E-state index in [1.165, 1.54) is 19.2 Å². The molecular formula is C13H18FNO3S. The van der Waals surface area contributed by atoms with E-state index in [9.17, 15) is 12.8 Å². The number of methoxy groups -OCH3 is 1. The largest absolute Gasteiger partial charge is 0.383 e. The third kappa shape index (κ3) is 2.40. The Morgan fingerprint density at radius 2 is 1.95 bits per heavy atom. The van der Waals surface area contributed by atoms with Crippen molar-refractivity contribution in [1.82, 2.24) is 0 Å². The minimum absolute atomic E-state index is 0.0397. The van der Waals surface area contributed by atoms with E-state index in [0.717, 1.165) is 5.56 Å². The third-order valence-corrected chi connectivity index (χ3v) is 6.00. The summed E-state index contributed by atoms with van der Waals surface area (Å²) < 4.78 is 42.2. The van der Waals surface area contributed by atoms with E-state index in [2.05, 4.69) is 0 Å². The fourth-order valence-corrected chi connectivity index (χ4v) is 4.71. The molecule has 0 aliphatic heterocycles. The molecule has 106 valence electrons. The number of sulfone groups is 1. The first-order valence-electron chi connectivity index (χ1n) is 6.11. The molecule has 0 aromatic heterocycles. The lowest BCUT2D eigenvalue weighted by Crippen LogP contribution is -2.36. The molecule has 1 saturated carbocycles. The van der Waals surface area contributed by atoms with Crippen LogP contribution in [0.2, 0.25) is 0 Å². The molecule has 2 rings (SSSR count). The number of hydrogen-bond acceptors (Lipinski definition) is 4. The lowest BCUT2D eigenvalue weighted by Gasteiger charge is -2.10. The fraction of sp³-hybridized carbons (Fsp3) is 0.538. The zero-order chi connectivity index (χ0) is 14.3. The molecule has 1 aromatic rings. The molecule has 0 unspecified atom stereocenters. The smallest absolute Gasteiger partial charge is 0.155 e. The van der Waals surface area contributed by atoms with Crippen LogP contribution in [0.4, 0.5) is 4.39 Å². The van der Waals surface area contributed by atoms with Gasteiger partial charge < -0.3 is 10.5 Å². The summed E-state index contributed by atoms with van der Waals surface area (Å²) in [6, 6.07) is 5.80. The molecule has 0 saturated heterocycles. The first kappa shape index (κ1) is 14.4. The second-order valence-corrected chi connectivity index (χ2v) is 7.36. The summed E-state index contributed by atoms with van der Waals surface area (Å²) in [5.41, 5.74) is 6.00.